The number of nitrogens with one attached hydrogen (secondary N) is 1. The molecule has 4 aromatic rings. The second-order valence-electron chi connectivity index (χ2n) is 9.47. The molecular formula is C29H30FN7O. The highest BCUT2D eigenvalue weighted by atomic mass is 19.1. The number of carbonyl (C=O) groups is 1. The first-order chi connectivity index (χ1) is 18.5. The van der Waals surface area contributed by atoms with E-state index in [9.17, 15) is 9.18 Å². The highest BCUT2D eigenvalue weighted by Crippen LogP contribution is 2.33. The first-order valence-corrected chi connectivity index (χ1v) is 12.6. The Bertz CT molecular complexity index is 1410. The van der Waals surface area contributed by atoms with Gasteiger partial charge in [-0.2, -0.15) is 0 Å². The van der Waals surface area contributed by atoms with E-state index in [1.807, 2.05) is 18.2 Å². The number of pyridine rings is 1. The quantitative estimate of drug-likeness (QED) is 0.372. The molecule has 0 radical (unpaired) electrons. The molecule has 0 spiro atoms. The second kappa shape index (κ2) is 11.5. The molecule has 3 heterocycles. The minimum Gasteiger partial charge on any atom is -0.396 e. The number of rotatable bonds is 6. The van der Waals surface area contributed by atoms with Gasteiger partial charge >= 0.3 is 0 Å². The number of nitrogen functional groups attached to an aromatic ring is 1. The van der Waals surface area contributed by atoms with Crippen molar-refractivity contribution in [3.63, 3.8) is 0 Å². The lowest BCUT2D eigenvalue weighted by atomic mass is 10.1. The van der Waals surface area contributed by atoms with Gasteiger partial charge in [0.1, 0.15) is 5.82 Å². The predicted molar refractivity (Wildman–Crippen MR) is 147 cm³/mol. The largest absolute Gasteiger partial charge is 0.396 e. The second-order valence-corrected chi connectivity index (χ2v) is 9.47. The van der Waals surface area contributed by atoms with E-state index < -0.39 is 5.82 Å². The standard InChI is InChI=1S/C29H30FN7O/c1-36-14-3-15-37(17-16-36)19-20-5-7-21(8-6-20)29(38)35-25-10-9-23(30)26(27(25)31)28-33-13-11-24(34-28)22-4-2-12-32-18-22/h2,4-13,18H,3,14-17,19,31H2,1H3,(H,35,38). The summed E-state index contributed by atoms with van der Waals surface area (Å²) in [5.74, 6) is -0.781. The van der Waals surface area contributed by atoms with Crippen molar-refractivity contribution in [2.75, 3.05) is 44.3 Å². The number of amides is 1. The lowest BCUT2D eigenvalue weighted by Crippen LogP contribution is -2.28. The number of anilines is 2. The maximum absolute atomic E-state index is 14.9. The van der Waals surface area contributed by atoms with Crippen molar-refractivity contribution in [2.45, 2.75) is 13.0 Å². The number of hydrogen-bond acceptors (Lipinski definition) is 7. The molecule has 9 heteroatoms. The SMILES string of the molecule is CN1CCCN(Cc2ccc(C(=O)Nc3ccc(F)c(-c4nccc(-c5cccnc5)n4)c3N)cc2)CC1. The van der Waals surface area contributed by atoms with Crippen molar-refractivity contribution in [2.24, 2.45) is 0 Å². The Labute approximate surface area is 221 Å². The summed E-state index contributed by atoms with van der Waals surface area (Å²) in [4.78, 5) is 30.6. The number of nitrogens with two attached hydrogens (primary N) is 1. The van der Waals surface area contributed by atoms with Gasteiger partial charge < -0.3 is 16.0 Å². The highest BCUT2D eigenvalue weighted by Gasteiger charge is 2.19. The Kier molecular flexibility index (Phi) is 7.67. The summed E-state index contributed by atoms with van der Waals surface area (Å²) in [7, 11) is 2.15. The van der Waals surface area contributed by atoms with Gasteiger partial charge in [0.05, 0.1) is 22.6 Å². The molecule has 194 valence electrons. The Morgan fingerprint density at radius 2 is 1.87 bits per heavy atom. The molecule has 1 fully saturated rings. The van der Waals surface area contributed by atoms with Crippen molar-refractivity contribution in [3.8, 4) is 22.6 Å². The molecule has 2 aromatic heterocycles. The summed E-state index contributed by atoms with van der Waals surface area (Å²) in [6, 6.07) is 15.6. The van der Waals surface area contributed by atoms with Crippen LogP contribution in [-0.4, -0.2) is 63.9 Å². The van der Waals surface area contributed by atoms with Gasteiger partial charge in [-0.3, -0.25) is 14.7 Å². The van der Waals surface area contributed by atoms with Gasteiger partial charge in [-0.15, -0.1) is 0 Å². The van der Waals surface area contributed by atoms with E-state index in [4.69, 9.17) is 5.73 Å². The van der Waals surface area contributed by atoms with Crippen LogP contribution in [0.5, 0.6) is 0 Å². The molecule has 0 saturated carbocycles. The van der Waals surface area contributed by atoms with Crippen LogP contribution in [0.15, 0.2) is 73.2 Å². The third-order valence-corrected chi connectivity index (χ3v) is 6.71. The van der Waals surface area contributed by atoms with Crippen molar-refractivity contribution >= 4 is 17.3 Å². The van der Waals surface area contributed by atoms with E-state index in [1.54, 1.807) is 42.9 Å². The molecular weight excluding hydrogens is 481 g/mol. The summed E-state index contributed by atoms with van der Waals surface area (Å²) in [6.45, 7) is 5.11. The Morgan fingerprint density at radius 3 is 2.66 bits per heavy atom. The first-order valence-electron chi connectivity index (χ1n) is 12.6. The third-order valence-electron chi connectivity index (χ3n) is 6.71. The number of benzene rings is 2. The molecule has 0 aliphatic carbocycles. The van der Waals surface area contributed by atoms with Gasteiger partial charge in [-0.25, -0.2) is 14.4 Å². The summed E-state index contributed by atoms with van der Waals surface area (Å²) < 4.78 is 14.9. The molecule has 1 aliphatic heterocycles. The molecule has 1 saturated heterocycles. The van der Waals surface area contributed by atoms with Gasteiger partial charge in [0, 0.05) is 49.4 Å². The van der Waals surface area contributed by atoms with Crippen LogP contribution in [0, 0.1) is 5.82 Å². The fourth-order valence-corrected chi connectivity index (χ4v) is 4.56. The third kappa shape index (κ3) is 5.85. The maximum atomic E-state index is 14.9. The normalized spacial score (nSPS) is 14.7. The number of likely N-dealkylation sites (N-methyl/N-ethyl adjacent to an activating group) is 1. The minimum atomic E-state index is -0.576. The lowest BCUT2D eigenvalue weighted by molar-refractivity contribution is 0.102. The zero-order valence-electron chi connectivity index (χ0n) is 21.3. The Hall–Kier alpha value is -4.21. The van der Waals surface area contributed by atoms with Crippen molar-refractivity contribution in [1.29, 1.82) is 0 Å². The number of hydrogen-bond donors (Lipinski definition) is 2. The predicted octanol–water partition coefficient (Wildman–Crippen LogP) is 4.32. The van der Waals surface area contributed by atoms with E-state index in [1.165, 1.54) is 12.1 Å². The zero-order valence-corrected chi connectivity index (χ0v) is 21.3. The van der Waals surface area contributed by atoms with Gasteiger partial charge in [0.2, 0.25) is 0 Å². The molecule has 5 rings (SSSR count). The molecule has 0 bridgehead atoms. The van der Waals surface area contributed by atoms with Gasteiger partial charge in [0.25, 0.3) is 5.91 Å². The zero-order chi connectivity index (χ0) is 26.5. The summed E-state index contributed by atoms with van der Waals surface area (Å²) in [5.41, 5.74) is 9.71. The lowest BCUT2D eigenvalue weighted by Gasteiger charge is -2.20. The monoisotopic (exact) mass is 511 g/mol. The fraction of sp³-hybridized carbons (Fsp3) is 0.241. The van der Waals surface area contributed by atoms with E-state index in [-0.39, 0.29) is 23.0 Å². The summed E-state index contributed by atoms with van der Waals surface area (Å²) in [5, 5.41) is 2.81. The average molecular weight is 512 g/mol. The van der Waals surface area contributed by atoms with Crippen LogP contribution in [0.2, 0.25) is 0 Å². The smallest absolute Gasteiger partial charge is 0.255 e. The van der Waals surface area contributed by atoms with E-state index in [0.29, 0.717) is 16.9 Å². The summed E-state index contributed by atoms with van der Waals surface area (Å²) in [6.07, 6.45) is 6.02. The van der Waals surface area contributed by atoms with E-state index >= 15 is 0 Å². The molecule has 2 aromatic carbocycles. The molecule has 1 amide bonds. The van der Waals surface area contributed by atoms with E-state index in [0.717, 1.165) is 50.3 Å². The average Bonchev–Trinajstić information content (AvgIpc) is 3.15. The Morgan fingerprint density at radius 1 is 1.03 bits per heavy atom. The van der Waals surface area contributed by atoms with Crippen LogP contribution >= 0.6 is 0 Å². The van der Waals surface area contributed by atoms with Crippen molar-refractivity contribution in [3.05, 3.63) is 90.1 Å². The number of carbonyl (C=O) groups excluding carboxylic acids is 1. The van der Waals surface area contributed by atoms with Gasteiger partial charge in [0.15, 0.2) is 5.82 Å². The molecule has 0 unspecified atom stereocenters. The topological polar surface area (TPSA) is 100 Å². The van der Waals surface area contributed by atoms with Gasteiger partial charge in [-0.1, -0.05) is 12.1 Å². The van der Waals surface area contributed by atoms with Crippen LogP contribution < -0.4 is 11.1 Å². The first kappa shape index (κ1) is 25.4. The van der Waals surface area contributed by atoms with Crippen LogP contribution in [-0.2, 0) is 6.54 Å². The number of halogens is 1. The van der Waals surface area contributed by atoms with Gasteiger partial charge in [-0.05, 0) is 74.6 Å². The molecule has 3 N–H and O–H groups in total. The Balaban J connectivity index is 1.32. The number of nitrogens with zero attached hydrogens (tertiary/aromatic N) is 5. The highest BCUT2D eigenvalue weighted by molar-refractivity contribution is 6.06. The molecule has 38 heavy (non-hydrogen) atoms. The molecule has 0 atom stereocenters. The minimum absolute atomic E-state index is 0.0342. The molecule has 1 aliphatic rings. The summed E-state index contributed by atoms with van der Waals surface area (Å²) >= 11 is 0. The van der Waals surface area contributed by atoms with Crippen molar-refractivity contribution < 1.29 is 9.18 Å². The van der Waals surface area contributed by atoms with E-state index in [2.05, 4.69) is 37.1 Å². The maximum Gasteiger partial charge on any atom is 0.255 e. The molecule has 8 nitrogen and oxygen atoms in total. The van der Waals surface area contributed by atoms with Crippen molar-refractivity contribution in [1.82, 2.24) is 24.8 Å². The van der Waals surface area contributed by atoms with Crippen LogP contribution in [0.3, 0.4) is 0 Å². The fourth-order valence-electron chi connectivity index (χ4n) is 4.56. The van der Waals surface area contributed by atoms with Crippen LogP contribution in [0.4, 0.5) is 15.8 Å². The van der Waals surface area contributed by atoms with Crippen LogP contribution in [0.25, 0.3) is 22.6 Å². The number of aromatic nitrogens is 3. The van der Waals surface area contributed by atoms with Crippen LogP contribution in [0.1, 0.15) is 22.3 Å².